The van der Waals surface area contributed by atoms with E-state index >= 15 is 0 Å². The van der Waals surface area contributed by atoms with Gasteiger partial charge in [-0.05, 0) is 31.4 Å². The standard InChI is InChI=1S/C21H21N3O2/c1-14-6-5-9-17(12-14)19-23-21(26-24-19)18(22-20(25)16-10-11-16)13-15-7-3-2-4-8-15/h2-9,12,16,18H,10-11,13H2,1H3,(H,22,25). The Labute approximate surface area is 152 Å². The number of aromatic nitrogens is 2. The zero-order valence-corrected chi connectivity index (χ0v) is 14.7. The number of nitrogens with one attached hydrogen (secondary N) is 1. The van der Waals surface area contributed by atoms with Crippen LogP contribution in [0, 0.1) is 12.8 Å². The molecule has 5 heteroatoms. The fraction of sp³-hybridized carbons (Fsp3) is 0.286. The van der Waals surface area contributed by atoms with Crippen molar-refractivity contribution < 1.29 is 9.32 Å². The summed E-state index contributed by atoms with van der Waals surface area (Å²) in [5.41, 5.74) is 3.16. The first kappa shape index (κ1) is 16.5. The molecule has 1 N–H and O–H groups in total. The maximum Gasteiger partial charge on any atom is 0.249 e. The third-order valence-corrected chi connectivity index (χ3v) is 4.56. The number of rotatable bonds is 6. The molecule has 5 nitrogen and oxygen atoms in total. The van der Waals surface area contributed by atoms with Gasteiger partial charge in [-0.1, -0.05) is 59.3 Å². The summed E-state index contributed by atoms with van der Waals surface area (Å²) in [5, 5.41) is 7.21. The van der Waals surface area contributed by atoms with Crippen molar-refractivity contribution in [1.29, 1.82) is 0 Å². The van der Waals surface area contributed by atoms with Gasteiger partial charge in [-0.25, -0.2) is 0 Å². The zero-order valence-electron chi connectivity index (χ0n) is 14.7. The van der Waals surface area contributed by atoms with Crippen LogP contribution in [-0.4, -0.2) is 16.0 Å². The summed E-state index contributed by atoms with van der Waals surface area (Å²) in [6.07, 6.45) is 2.54. The molecule has 0 radical (unpaired) electrons. The van der Waals surface area contributed by atoms with E-state index in [9.17, 15) is 4.79 Å². The van der Waals surface area contributed by atoms with Crippen LogP contribution in [0.4, 0.5) is 0 Å². The van der Waals surface area contributed by atoms with Gasteiger partial charge in [0, 0.05) is 17.9 Å². The number of nitrogens with zero attached hydrogens (tertiary/aromatic N) is 2. The number of benzene rings is 2. The summed E-state index contributed by atoms with van der Waals surface area (Å²) in [5.74, 6) is 1.19. The van der Waals surface area contributed by atoms with E-state index in [4.69, 9.17) is 4.52 Å². The van der Waals surface area contributed by atoms with Crippen molar-refractivity contribution in [2.24, 2.45) is 5.92 Å². The van der Waals surface area contributed by atoms with Crippen LogP contribution in [0.1, 0.15) is 35.9 Å². The summed E-state index contributed by atoms with van der Waals surface area (Å²) in [4.78, 5) is 16.9. The maximum absolute atomic E-state index is 12.3. The summed E-state index contributed by atoms with van der Waals surface area (Å²) >= 11 is 0. The average Bonchev–Trinajstić information content (AvgIpc) is 3.39. The molecule has 1 amide bonds. The van der Waals surface area contributed by atoms with Crippen LogP contribution >= 0.6 is 0 Å². The molecule has 1 fully saturated rings. The first-order valence-electron chi connectivity index (χ1n) is 8.94. The van der Waals surface area contributed by atoms with Gasteiger partial charge in [0.25, 0.3) is 0 Å². The Kier molecular flexibility index (Phi) is 4.52. The summed E-state index contributed by atoms with van der Waals surface area (Å²) < 4.78 is 5.52. The lowest BCUT2D eigenvalue weighted by Gasteiger charge is -2.15. The molecule has 26 heavy (non-hydrogen) atoms. The van der Waals surface area contributed by atoms with Crippen molar-refractivity contribution >= 4 is 5.91 Å². The molecule has 132 valence electrons. The van der Waals surface area contributed by atoms with Gasteiger partial charge >= 0.3 is 0 Å². The van der Waals surface area contributed by atoms with Crippen LogP contribution in [-0.2, 0) is 11.2 Å². The average molecular weight is 347 g/mol. The van der Waals surface area contributed by atoms with Crippen molar-refractivity contribution in [3.63, 3.8) is 0 Å². The molecule has 0 aliphatic heterocycles. The summed E-state index contributed by atoms with van der Waals surface area (Å²) in [6, 6.07) is 17.7. The molecular formula is C21H21N3O2. The molecule has 3 aromatic rings. The number of carbonyl (C=O) groups is 1. The third kappa shape index (κ3) is 3.82. The Hall–Kier alpha value is -2.95. The highest BCUT2D eigenvalue weighted by Gasteiger charge is 2.32. The number of aryl methyl sites for hydroxylation is 1. The van der Waals surface area contributed by atoms with Gasteiger partial charge in [0.15, 0.2) is 0 Å². The molecule has 1 saturated carbocycles. The number of carbonyl (C=O) groups excluding carboxylic acids is 1. The molecule has 1 heterocycles. The van der Waals surface area contributed by atoms with Gasteiger partial charge in [0.2, 0.25) is 17.6 Å². The largest absolute Gasteiger partial charge is 0.344 e. The van der Waals surface area contributed by atoms with Crippen molar-refractivity contribution in [2.45, 2.75) is 32.2 Å². The normalized spacial score (nSPS) is 14.8. The van der Waals surface area contributed by atoms with E-state index in [1.165, 1.54) is 0 Å². The van der Waals surface area contributed by atoms with E-state index in [2.05, 4.69) is 15.5 Å². The molecule has 0 saturated heterocycles. The maximum atomic E-state index is 12.3. The van der Waals surface area contributed by atoms with Crippen LogP contribution in [0.15, 0.2) is 59.1 Å². The van der Waals surface area contributed by atoms with Crippen molar-refractivity contribution in [3.8, 4) is 11.4 Å². The van der Waals surface area contributed by atoms with E-state index in [1.54, 1.807) is 0 Å². The molecule has 4 rings (SSSR count). The van der Waals surface area contributed by atoms with Crippen molar-refractivity contribution in [3.05, 3.63) is 71.6 Å². The first-order valence-corrected chi connectivity index (χ1v) is 8.94. The quantitative estimate of drug-likeness (QED) is 0.735. The van der Waals surface area contributed by atoms with Crippen molar-refractivity contribution in [2.75, 3.05) is 0 Å². The minimum atomic E-state index is -0.323. The Morgan fingerprint density at radius 3 is 2.73 bits per heavy atom. The highest BCUT2D eigenvalue weighted by molar-refractivity contribution is 5.81. The van der Waals surface area contributed by atoms with E-state index in [0.717, 1.165) is 29.5 Å². The summed E-state index contributed by atoms with van der Waals surface area (Å²) in [6.45, 7) is 2.03. The molecule has 1 aromatic heterocycles. The zero-order chi connectivity index (χ0) is 17.9. The van der Waals surface area contributed by atoms with Crippen LogP contribution < -0.4 is 5.32 Å². The Bertz CT molecular complexity index is 900. The van der Waals surface area contributed by atoms with Gasteiger partial charge in [0.05, 0.1) is 0 Å². The van der Waals surface area contributed by atoms with Crippen LogP contribution in [0.5, 0.6) is 0 Å². The monoisotopic (exact) mass is 347 g/mol. The highest BCUT2D eigenvalue weighted by Crippen LogP contribution is 2.30. The lowest BCUT2D eigenvalue weighted by molar-refractivity contribution is -0.123. The second-order valence-corrected chi connectivity index (χ2v) is 6.85. The second-order valence-electron chi connectivity index (χ2n) is 6.85. The lowest BCUT2D eigenvalue weighted by Crippen LogP contribution is -2.31. The van der Waals surface area contributed by atoms with Crippen LogP contribution in [0.25, 0.3) is 11.4 Å². The van der Waals surface area contributed by atoms with Crippen molar-refractivity contribution in [1.82, 2.24) is 15.5 Å². The lowest BCUT2D eigenvalue weighted by atomic mass is 10.1. The first-order chi connectivity index (χ1) is 12.7. The fourth-order valence-corrected chi connectivity index (χ4v) is 2.96. The smallest absolute Gasteiger partial charge is 0.249 e. The van der Waals surface area contributed by atoms with E-state index in [-0.39, 0.29) is 17.9 Å². The van der Waals surface area contributed by atoms with E-state index in [1.807, 2.05) is 61.5 Å². The molecule has 0 bridgehead atoms. The SMILES string of the molecule is Cc1cccc(-c2noc(C(Cc3ccccc3)NC(=O)C3CC3)n2)c1. The highest BCUT2D eigenvalue weighted by atomic mass is 16.5. The predicted octanol–water partition coefficient (Wildman–Crippen LogP) is 3.86. The van der Waals surface area contributed by atoms with Gasteiger partial charge in [0.1, 0.15) is 6.04 Å². The van der Waals surface area contributed by atoms with Gasteiger partial charge in [-0.3, -0.25) is 4.79 Å². The molecule has 1 aliphatic rings. The molecule has 2 aromatic carbocycles. The Morgan fingerprint density at radius 2 is 2.00 bits per heavy atom. The summed E-state index contributed by atoms with van der Waals surface area (Å²) in [7, 11) is 0. The van der Waals surface area contributed by atoms with E-state index < -0.39 is 0 Å². The Morgan fingerprint density at radius 1 is 1.19 bits per heavy atom. The van der Waals surface area contributed by atoms with Crippen LogP contribution in [0.2, 0.25) is 0 Å². The topological polar surface area (TPSA) is 68.0 Å². The van der Waals surface area contributed by atoms with Gasteiger partial charge < -0.3 is 9.84 Å². The third-order valence-electron chi connectivity index (χ3n) is 4.56. The fourth-order valence-electron chi connectivity index (χ4n) is 2.96. The predicted molar refractivity (Wildman–Crippen MR) is 98.2 cm³/mol. The number of amides is 1. The Balaban J connectivity index is 1.59. The van der Waals surface area contributed by atoms with Gasteiger partial charge in [-0.15, -0.1) is 0 Å². The molecule has 1 unspecified atom stereocenters. The molecular weight excluding hydrogens is 326 g/mol. The van der Waals surface area contributed by atoms with Gasteiger partial charge in [-0.2, -0.15) is 4.98 Å². The van der Waals surface area contributed by atoms with Crippen LogP contribution in [0.3, 0.4) is 0 Å². The minimum Gasteiger partial charge on any atom is -0.344 e. The molecule has 1 atom stereocenters. The minimum absolute atomic E-state index is 0.0706. The number of hydrogen-bond acceptors (Lipinski definition) is 4. The molecule has 0 spiro atoms. The van der Waals surface area contributed by atoms with E-state index in [0.29, 0.717) is 18.1 Å². The second kappa shape index (κ2) is 7.12. The molecule has 1 aliphatic carbocycles. The number of hydrogen-bond donors (Lipinski definition) is 1.